The Morgan fingerprint density at radius 1 is 1.47 bits per heavy atom. The van der Waals surface area contributed by atoms with E-state index in [2.05, 4.69) is 0 Å². The summed E-state index contributed by atoms with van der Waals surface area (Å²) in [5, 5.41) is 18.6. The van der Waals surface area contributed by atoms with Gasteiger partial charge in [0.2, 0.25) is 0 Å². The normalized spacial score (nSPS) is 14.3. The molecular weight excluding hydrogens is 230 g/mol. The van der Waals surface area contributed by atoms with Crippen LogP contribution in [0, 0.1) is 11.3 Å². The number of halogens is 1. The van der Waals surface area contributed by atoms with Crippen LogP contribution in [0.5, 0.6) is 0 Å². The molecule has 1 N–H and O–H groups in total. The van der Waals surface area contributed by atoms with E-state index in [9.17, 15) is 5.11 Å². The fourth-order valence-corrected chi connectivity index (χ4v) is 2.22. The summed E-state index contributed by atoms with van der Waals surface area (Å²) < 4.78 is 0. The summed E-state index contributed by atoms with van der Waals surface area (Å²) >= 11 is 7.44. The number of aliphatic hydroxyl groups excluding tert-OH is 1. The van der Waals surface area contributed by atoms with Crippen molar-refractivity contribution in [2.75, 3.05) is 0 Å². The van der Waals surface area contributed by atoms with Gasteiger partial charge >= 0.3 is 0 Å². The van der Waals surface area contributed by atoms with Crippen molar-refractivity contribution in [1.29, 1.82) is 5.26 Å². The Kier molecular flexibility index (Phi) is 4.46. The van der Waals surface area contributed by atoms with Crippen molar-refractivity contribution in [2.45, 2.75) is 30.1 Å². The standard InChI is InChI=1S/C11H12ClNOS/c1-7(14)8(2)15-10-4-3-9(6-13)11(12)5-10/h3-5,7-8,14H,1-2H3. The van der Waals surface area contributed by atoms with Gasteiger partial charge in [0.15, 0.2) is 0 Å². The summed E-state index contributed by atoms with van der Waals surface area (Å²) in [7, 11) is 0. The fraction of sp³-hybridized carbons (Fsp3) is 0.364. The molecule has 0 aromatic heterocycles. The van der Waals surface area contributed by atoms with Crippen molar-refractivity contribution >= 4 is 23.4 Å². The SMILES string of the molecule is CC(O)C(C)Sc1ccc(C#N)c(Cl)c1. The van der Waals surface area contributed by atoms with E-state index in [4.69, 9.17) is 16.9 Å². The molecule has 15 heavy (non-hydrogen) atoms. The Morgan fingerprint density at radius 2 is 2.13 bits per heavy atom. The molecule has 1 aromatic rings. The zero-order chi connectivity index (χ0) is 11.4. The fourth-order valence-electron chi connectivity index (χ4n) is 0.973. The second-order valence-electron chi connectivity index (χ2n) is 3.32. The van der Waals surface area contributed by atoms with Crippen LogP contribution in [0.3, 0.4) is 0 Å². The Balaban J connectivity index is 2.81. The minimum Gasteiger partial charge on any atom is -0.392 e. The maximum Gasteiger partial charge on any atom is 0.101 e. The van der Waals surface area contributed by atoms with Crippen molar-refractivity contribution in [3.05, 3.63) is 28.8 Å². The minimum absolute atomic E-state index is 0.106. The van der Waals surface area contributed by atoms with E-state index in [0.29, 0.717) is 10.6 Å². The minimum atomic E-state index is -0.371. The highest BCUT2D eigenvalue weighted by atomic mass is 35.5. The molecule has 0 aliphatic carbocycles. The van der Waals surface area contributed by atoms with Crippen molar-refractivity contribution < 1.29 is 5.11 Å². The molecule has 4 heteroatoms. The number of hydrogen-bond donors (Lipinski definition) is 1. The van der Waals surface area contributed by atoms with E-state index in [1.807, 2.05) is 19.1 Å². The number of rotatable bonds is 3. The Labute approximate surface area is 98.9 Å². The molecule has 2 nitrogen and oxygen atoms in total. The summed E-state index contributed by atoms with van der Waals surface area (Å²) in [6, 6.07) is 7.30. The topological polar surface area (TPSA) is 44.0 Å². The third-order valence-corrected chi connectivity index (χ3v) is 3.67. The lowest BCUT2D eigenvalue weighted by Gasteiger charge is -2.14. The molecule has 0 bridgehead atoms. The van der Waals surface area contributed by atoms with Gasteiger partial charge in [0, 0.05) is 10.1 Å². The van der Waals surface area contributed by atoms with Gasteiger partial charge in [0.1, 0.15) is 6.07 Å². The largest absolute Gasteiger partial charge is 0.392 e. The lowest BCUT2D eigenvalue weighted by Crippen LogP contribution is -2.14. The predicted molar refractivity (Wildman–Crippen MR) is 63.2 cm³/mol. The third kappa shape index (κ3) is 3.42. The molecule has 1 aromatic carbocycles. The van der Waals surface area contributed by atoms with Crippen molar-refractivity contribution in [3.8, 4) is 6.07 Å². The Bertz CT molecular complexity index is 387. The highest BCUT2D eigenvalue weighted by Crippen LogP contribution is 2.28. The van der Waals surface area contributed by atoms with Gasteiger partial charge in [0.25, 0.3) is 0 Å². The van der Waals surface area contributed by atoms with Crippen LogP contribution in [0.25, 0.3) is 0 Å². The van der Waals surface area contributed by atoms with Gasteiger partial charge in [-0.1, -0.05) is 18.5 Å². The molecule has 0 aliphatic rings. The summed E-state index contributed by atoms with van der Waals surface area (Å²) in [6.07, 6.45) is -0.371. The second kappa shape index (κ2) is 5.41. The first-order chi connectivity index (χ1) is 7.04. The molecule has 0 fully saturated rings. The first-order valence-corrected chi connectivity index (χ1v) is 5.84. The van der Waals surface area contributed by atoms with Crippen LogP contribution in [0.2, 0.25) is 5.02 Å². The highest BCUT2D eigenvalue weighted by Gasteiger charge is 2.11. The van der Waals surface area contributed by atoms with E-state index >= 15 is 0 Å². The summed E-state index contributed by atoms with van der Waals surface area (Å²) in [4.78, 5) is 0.965. The lowest BCUT2D eigenvalue weighted by molar-refractivity contribution is 0.196. The smallest absolute Gasteiger partial charge is 0.101 e. The molecule has 80 valence electrons. The van der Waals surface area contributed by atoms with Crippen LogP contribution < -0.4 is 0 Å². The van der Waals surface area contributed by atoms with Crippen LogP contribution in [0.15, 0.2) is 23.1 Å². The number of hydrogen-bond acceptors (Lipinski definition) is 3. The van der Waals surface area contributed by atoms with Gasteiger partial charge in [-0.15, -0.1) is 11.8 Å². The number of nitrogens with zero attached hydrogens (tertiary/aromatic N) is 1. The Hall–Kier alpha value is -0.690. The number of thioether (sulfide) groups is 1. The number of benzene rings is 1. The molecule has 0 saturated carbocycles. The summed E-state index contributed by atoms with van der Waals surface area (Å²) in [5.41, 5.74) is 0.478. The quantitative estimate of drug-likeness (QED) is 0.828. The van der Waals surface area contributed by atoms with Crippen LogP contribution in [0.1, 0.15) is 19.4 Å². The molecule has 2 unspecified atom stereocenters. The highest BCUT2D eigenvalue weighted by molar-refractivity contribution is 8.00. The first kappa shape index (κ1) is 12.4. The monoisotopic (exact) mass is 241 g/mol. The van der Waals surface area contributed by atoms with Gasteiger partial charge in [-0.3, -0.25) is 0 Å². The summed E-state index contributed by atoms with van der Waals surface area (Å²) in [5.74, 6) is 0. The van der Waals surface area contributed by atoms with Crippen molar-refractivity contribution in [2.24, 2.45) is 0 Å². The van der Waals surface area contributed by atoms with Crippen LogP contribution >= 0.6 is 23.4 Å². The van der Waals surface area contributed by atoms with Gasteiger partial charge in [-0.05, 0) is 25.1 Å². The molecular formula is C11H12ClNOS. The van der Waals surface area contributed by atoms with Gasteiger partial charge < -0.3 is 5.11 Å². The third-order valence-electron chi connectivity index (χ3n) is 2.06. The molecule has 0 aliphatic heterocycles. The van der Waals surface area contributed by atoms with Gasteiger partial charge in [-0.25, -0.2) is 0 Å². The zero-order valence-electron chi connectivity index (χ0n) is 8.57. The molecule has 0 spiro atoms. The van der Waals surface area contributed by atoms with Gasteiger partial charge in [0.05, 0.1) is 16.7 Å². The molecule has 1 rings (SSSR count). The van der Waals surface area contributed by atoms with E-state index in [-0.39, 0.29) is 11.4 Å². The zero-order valence-corrected chi connectivity index (χ0v) is 10.1. The van der Waals surface area contributed by atoms with Crippen molar-refractivity contribution in [1.82, 2.24) is 0 Å². The average molecular weight is 242 g/mol. The lowest BCUT2D eigenvalue weighted by atomic mass is 10.2. The van der Waals surface area contributed by atoms with Gasteiger partial charge in [-0.2, -0.15) is 5.26 Å². The van der Waals surface area contributed by atoms with E-state index in [0.717, 1.165) is 4.90 Å². The maximum absolute atomic E-state index is 9.35. The number of nitriles is 1. The van der Waals surface area contributed by atoms with Crippen LogP contribution in [-0.2, 0) is 0 Å². The molecule has 0 radical (unpaired) electrons. The molecule has 2 atom stereocenters. The molecule has 0 amide bonds. The molecule has 0 saturated heterocycles. The number of aliphatic hydroxyl groups is 1. The maximum atomic E-state index is 9.35. The van der Waals surface area contributed by atoms with Crippen molar-refractivity contribution in [3.63, 3.8) is 0 Å². The summed E-state index contributed by atoms with van der Waals surface area (Å²) in [6.45, 7) is 3.70. The van der Waals surface area contributed by atoms with E-state index < -0.39 is 0 Å². The molecule has 0 heterocycles. The van der Waals surface area contributed by atoms with E-state index in [1.165, 1.54) is 0 Å². The van der Waals surface area contributed by atoms with Crippen LogP contribution in [0.4, 0.5) is 0 Å². The first-order valence-electron chi connectivity index (χ1n) is 4.59. The Morgan fingerprint density at radius 3 is 2.60 bits per heavy atom. The van der Waals surface area contributed by atoms with Crippen LogP contribution in [-0.4, -0.2) is 16.5 Å². The predicted octanol–water partition coefficient (Wildman–Crippen LogP) is 3.07. The van der Waals surface area contributed by atoms with E-state index in [1.54, 1.807) is 30.8 Å². The second-order valence-corrected chi connectivity index (χ2v) is 5.17. The average Bonchev–Trinajstić information content (AvgIpc) is 2.18.